The molecule has 2 heterocycles. The van der Waals surface area contributed by atoms with Gasteiger partial charge in [-0.3, -0.25) is 14.2 Å². The summed E-state index contributed by atoms with van der Waals surface area (Å²) in [5.74, 6) is -0.0363. The molecule has 0 aliphatic carbocycles. The summed E-state index contributed by atoms with van der Waals surface area (Å²) in [5.41, 5.74) is -0.712. The van der Waals surface area contributed by atoms with Crippen LogP contribution >= 0.6 is 0 Å². The monoisotopic (exact) mass is 323 g/mol. The van der Waals surface area contributed by atoms with Crippen molar-refractivity contribution in [2.75, 3.05) is 19.6 Å². The molecular weight excluding hydrogens is 298 g/mol. The van der Waals surface area contributed by atoms with Gasteiger partial charge in [-0.2, -0.15) is 5.10 Å². The highest BCUT2D eigenvalue weighted by Gasteiger charge is 2.20. The molecule has 8 heteroatoms. The number of hydrogen-bond acceptors (Lipinski definition) is 4. The maximum Gasteiger partial charge on any atom is 0.346 e. The van der Waals surface area contributed by atoms with Crippen LogP contribution in [0, 0.1) is 0 Å². The van der Waals surface area contributed by atoms with Crippen molar-refractivity contribution >= 4 is 11.8 Å². The molecule has 1 aliphatic heterocycles. The molecule has 0 aromatic carbocycles. The number of nitrogens with one attached hydrogen (secondary N) is 1. The fourth-order valence-corrected chi connectivity index (χ4v) is 2.55. The zero-order chi connectivity index (χ0) is 17.0. The van der Waals surface area contributed by atoms with E-state index in [-0.39, 0.29) is 24.0 Å². The summed E-state index contributed by atoms with van der Waals surface area (Å²) in [5, 5.41) is 6.81. The third kappa shape index (κ3) is 4.43. The van der Waals surface area contributed by atoms with Gasteiger partial charge in [-0.05, 0) is 33.6 Å². The summed E-state index contributed by atoms with van der Waals surface area (Å²) in [6, 6.07) is 0. The summed E-state index contributed by atoms with van der Waals surface area (Å²) < 4.78 is 2.66. The second-order valence-electron chi connectivity index (χ2n) is 6.81. The van der Waals surface area contributed by atoms with Crippen molar-refractivity contribution in [2.24, 2.45) is 0 Å². The third-order valence-electron chi connectivity index (χ3n) is 3.78. The van der Waals surface area contributed by atoms with Crippen molar-refractivity contribution in [3.63, 3.8) is 0 Å². The van der Waals surface area contributed by atoms with Crippen molar-refractivity contribution < 1.29 is 9.59 Å². The van der Waals surface area contributed by atoms with Gasteiger partial charge in [0.25, 0.3) is 0 Å². The molecule has 0 unspecified atom stereocenters. The van der Waals surface area contributed by atoms with Gasteiger partial charge in [-0.25, -0.2) is 9.48 Å². The van der Waals surface area contributed by atoms with E-state index < -0.39 is 5.54 Å². The fraction of sp³-hybridized carbons (Fsp3) is 0.733. The Morgan fingerprint density at radius 3 is 2.65 bits per heavy atom. The van der Waals surface area contributed by atoms with E-state index in [1.807, 2.05) is 25.7 Å². The number of rotatable bonds is 6. The molecule has 1 aromatic heterocycles. The van der Waals surface area contributed by atoms with Gasteiger partial charge in [0.15, 0.2) is 0 Å². The number of aromatic nitrogens is 3. The first-order valence-corrected chi connectivity index (χ1v) is 7.98. The maximum atomic E-state index is 12.1. The average Bonchev–Trinajstić information content (AvgIpc) is 3.02. The van der Waals surface area contributed by atoms with Gasteiger partial charge in [-0.15, -0.1) is 0 Å². The third-order valence-corrected chi connectivity index (χ3v) is 3.78. The summed E-state index contributed by atoms with van der Waals surface area (Å²) in [4.78, 5) is 37.3. The van der Waals surface area contributed by atoms with E-state index in [9.17, 15) is 14.4 Å². The molecule has 0 spiro atoms. The van der Waals surface area contributed by atoms with Gasteiger partial charge in [0.05, 0.1) is 5.54 Å². The van der Waals surface area contributed by atoms with Crippen LogP contribution in [0.15, 0.2) is 11.1 Å². The minimum absolute atomic E-state index is 0.0441. The van der Waals surface area contributed by atoms with Crippen LogP contribution in [0.4, 0.5) is 0 Å². The SMILES string of the molecule is CC(C)(C)n1ncn(CC(=O)NCCCN2CCCC2=O)c1=O. The number of hydrogen-bond donors (Lipinski definition) is 1. The number of nitrogens with zero attached hydrogens (tertiary/aromatic N) is 4. The summed E-state index contributed by atoms with van der Waals surface area (Å²) in [7, 11) is 0. The Bertz CT molecular complexity index is 626. The number of carbonyl (C=O) groups excluding carboxylic acids is 2. The van der Waals surface area contributed by atoms with E-state index in [1.165, 1.54) is 15.6 Å². The lowest BCUT2D eigenvalue weighted by Crippen LogP contribution is -2.38. The normalized spacial score (nSPS) is 15.3. The predicted octanol–water partition coefficient (Wildman–Crippen LogP) is -0.0715. The van der Waals surface area contributed by atoms with Gasteiger partial charge >= 0.3 is 5.69 Å². The minimum atomic E-state index is -0.416. The maximum absolute atomic E-state index is 12.1. The van der Waals surface area contributed by atoms with Crippen molar-refractivity contribution in [2.45, 2.75) is 52.1 Å². The van der Waals surface area contributed by atoms with E-state index in [4.69, 9.17) is 0 Å². The van der Waals surface area contributed by atoms with Crippen LogP contribution < -0.4 is 11.0 Å². The van der Waals surface area contributed by atoms with Crippen LogP contribution in [0.1, 0.15) is 40.0 Å². The summed E-state index contributed by atoms with van der Waals surface area (Å²) in [6.45, 7) is 7.57. The zero-order valence-electron chi connectivity index (χ0n) is 14.0. The lowest BCUT2D eigenvalue weighted by molar-refractivity contribution is -0.127. The smallest absolute Gasteiger partial charge is 0.346 e. The Kier molecular flexibility index (Phi) is 5.23. The Balaban J connectivity index is 1.76. The van der Waals surface area contributed by atoms with Crippen molar-refractivity contribution in [1.29, 1.82) is 0 Å². The first kappa shape index (κ1) is 17.2. The molecule has 2 amide bonds. The van der Waals surface area contributed by atoms with Crippen LogP contribution in [-0.2, 0) is 21.7 Å². The first-order valence-electron chi connectivity index (χ1n) is 7.98. The highest BCUT2D eigenvalue weighted by atomic mass is 16.2. The van der Waals surface area contributed by atoms with E-state index in [0.29, 0.717) is 25.9 Å². The molecular formula is C15H25N5O3. The molecule has 1 N–H and O–H groups in total. The molecule has 0 bridgehead atoms. The standard InChI is InChI=1S/C15H25N5O3/c1-15(2,3)20-14(23)19(11-17-20)10-12(21)16-7-5-9-18-8-4-6-13(18)22/h11H,4-10H2,1-3H3,(H,16,21). The van der Waals surface area contributed by atoms with E-state index in [2.05, 4.69) is 10.4 Å². The highest BCUT2D eigenvalue weighted by molar-refractivity contribution is 5.78. The number of carbonyl (C=O) groups is 2. The predicted molar refractivity (Wildman–Crippen MR) is 84.9 cm³/mol. The van der Waals surface area contributed by atoms with Gasteiger partial charge in [-0.1, -0.05) is 0 Å². The molecule has 8 nitrogen and oxygen atoms in total. The second-order valence-corrected chi connectivity index (χ2v) is 6.81. The average molecular weight is 323 g/mol. The van der Waals surface area contributed by atoms with Crippen LogP contribution in [0.25, 0.3) is 0 Å². The van der Waals surface area contributed by atoms with Gasteiger partial charge in [0, 0.05) is 26.1 Å². The quantitative estimate of drug-likeness (QED) is 0.742. The topological polar surface area (TPSA) is 89.2 Å². The summed E-state index contributed by atoms with van der Waals surface area (Å²) in [6.07, 6.45) is 3.66. The van der Waals surface area contributed by atoms with Crippen LogP contribution in [0.2, 0.25) is 0 Å². The van der Waals surface area contributed by atoms with E-state index in [0.717, 1.165) is 13.0 Å². The second kappa shape index (κ2) is 6.97. The Hall–Kier alpha value is -2.12. The van der Waals surface area contributed by atoms with E-state index in [1.54, 1.807) is 0 Å². The van der Waals surface area contributed by atoms with Crippen molar-refractivity contribution in [3.05, 3.63) is 16.8 Å². The van der Waals surface area contributed by atoms with Gasteiger partial charge < -0.3 is 10.2 Å². The highest BCUT2D eigenvalue weighted by Crippen LogP contribution is 2.09. The molecule has 23 heavy (non-hydrogen) atoms. The van der Waals surface area contributed by atoms with Crippen LogP contribution in [-0.4, -0.2) is 50.7 Å². The molecule has 0 radical (unpaired) electrons. The first-order chi connectivity index (χ1) is 10.8. The molecule has 0 saturated carbocycles. The number of likely N-dealkylation sites (tertiary alicyclic amines) is 1. The van der Waals surface area contributed by atoms with Crippen molar-refractivity contribution in [3.8, 4) is 0 Å². The Morgan fingerprint density at radius 1 is 1.35 bits per heavy atom. The lowest BCUT2D eigenvalue weighted by atomic mass is 10.1. The van der Waals surface area contributed by atoms with E-state index >= 15 is 0 Å². The number of amides is 2. The molecule has 2 rings (SSSR count). The van der Waals surface area contributed by atoms with Gasteiger partial charge in [0.2, 0.25) is 11.8 Å². The molecule has 1 fully saturated rings. The lowest BCUT2D eigenvalue weighted by Gasteiger charge is -2.17. The minimum Gasteiger partial charge on any atom is -0.354 e. The molecule has 1 aliphatic rings. The molecule has 1 aromatic rings. The van der Waals surface area contributed by atoms with Crippen LogP contribution in [0.5, 0.6) is 0 Å². The zero-order valence-corrected chi connectivity index (χ0v) is 14.0. The van der Waals surface area contributed by atoms with Crippen LogP contribution in [0.3, 0.4) is 0 Å². The molecule has 0 atom stereocenters. The fourth-order valence-electron chi connectivity index (χ4n) is 2.55. The van der Waals surface area contributed by atoms with Crippen molar-refractivity contribution in [1.82, 2.24) is 24.6 Å². The molecule has 1 saturated heterocycles. The largest absolute Gasteiger partial charge is 0.354 e. The summed E-state index contributed by atoms with van der Waals surface area (Å²) >= 11 is 0. The Morgan fingerprint density at radius 2 is 2.09 bits per heavy atom. The van der Waals surface area contributed by atoms with Gasteiger partial charge in [0.1, 0.15) is 12.9 Å². The Labute approximate surface area is 135 Å². The molecule has 128 valence electrons.